The van der Waals surface area contributed by atoms with Gasteiger partial charge in [-0.3, -0.25) is 4.79 Å². The van der Waals surface area contributed by atoms with Crippen LogP contribution in [0.3, 0.4) is 0 Å². The Morgan fingerprint density at radius 3 is 2.28 bits per heavy atom. The maximum atomic E-state index is 12.1. The Kier molecular flexibility index (Phi) is 7.39. The van der Waals surface area contributed by atoms with Crippen LogP contribution in [0.1, 0.15) is 77.6 Å². The fourth-order valence-electron chi connectivity index (χ4n) is 4.35. The third-order valence-electron chi connectivity index (χ3n) is 5.86. The molecule has 36 heavy (non-hydrogen) atoms. The second-order valence-corrected chi connectivity index (χ2v) is 11.6. The number of ether oxygens (including phenoxy) is 3. The van der Waals surface area contributed by atoms with Gasteiger partial charge in [-0.05, 0) is 53.6 Å². The molecule has 3 rings (SSSR count). The molecule has 4 N–H and O–H groups in total. The molecule has 1 atom stereocenters. The Morgan fingerprint density at radius 1 is 1.11 bits per heavy atom. The summed E-state index contributed by atoms with van der Waals surface area (Å²) in [6.45, 7) is 16.5. The lowest BCUT2D eigenvalue weighted by atomic mass is 9.76. The molecule has 1 unspecified atom stereocenters. The average molecular weight is 495 g/mol. The van der Waals surface area contributed by atoms with Gasteiger partial charge in [-0.2, -0.15) is 5.10 Å². The number of benzene rings is 2. The monoisotopic (exact) mass is 494 g/mol. The van der Waals surface area contributed by atoms with Gasteiger partial charge in [-0.15, -0.1) is 5.10 Å². The number of fused-ring (bicyclic) bond motifs is 1. The molecule has 8 nitrogen and oxygen atoms in total. The van der Waals surface area contributed by atoms with Gasteiger partial charge in [-0.25, -0.2) is 0 Å². The molecule has 0 aromatic heterocycles. The van der Waals surface area contributed by atoms with E-state index < -0.39 is 5.60 Å². The van der Waals surface area contributed by atoms with Crippen molar-refractivity contribution in [2.75, 3.05) is 6.61 Å². The summed E-state index contributed by atoms with van der Waals surface area (Å²) in [5, 5.41) is 7.41. The normalized spacial score (nSPS) is 17.4. The topological polar surface area (TPSA) is 122 Å². The highest BCUT2D eigenvalue weighted by Crippen LogP contribution is 2.50. The first-order valence-electron chi connectivity index (χ1n) is 12.0. The van der Waals surface area contributed by atoms with Gasteiger partial charge in [0.2, 0.25) is 5.96 Å². The van der Waals surface area contributed by atoms with Crippen molar-refractivity contribution >= 4 is 18.1 Å². The Balaban J connectivity index is 1.88. The Labute approximate surface area is 213 Å². The molecule has 1 aliphatic heterocycles. The number of hydrogen-bond donors (Lipinski definition) is 2. The number of rotatable bonds is 6. The molecule has 8 heteroatoms. The summed E-state index contributed by atoms with van der Waals surface area (Å²) in [5.74, 6) is 1.75. The van der Waals surface area contributed by atoms with Gasteiger partial charge < -0.3 is 25.7 Å². The van der Waals surface area contributed by atoms with E-state index in [9.17, 15) is 4.79 Å². The minimum Gasteiger partial charge on any atom is -0.489 e. The van der Waals surface area contributed by atoms with Gasteiger partial charge in [0.1, 0.15) is 29.5 Å². The number of esters is 1. The standard InChI is InChI=1S/C28H38N4O4/c1-17(33)35-24-21(26(2,3)4)13-22-20(23(24)27(5,6)7)14-28(8,36-22)16-34-19-11-9-18(10-12-19)15-31-32-25(29)30/h9-13,15H,14,16H2,1-8H3,(H4,29,30,32)/b31-15+. The van der Waals surface area contributed by atoms with E-state index in [0.717, 1.165) is 28.0 Å². The predicted molar refractivity (Wildman–Crippen MR) is 143 cm³/mol. The van der Waals surface area contributed by atoms with Crippen LogP contribution < -0.4 is 25.7 Å². The van der Waals surface area contributed by atoms with Crippen LogP contribution in [0.4, 0.5) is 0 Å². The Morgan fingerprint density at radius 2 is 1.75 bits per heavy atom. The maximum absolute atomic E-state index is 12.1. The summed E-state index contributed by atoms with van der Waals surface area (Å²) in [6.07, 6.45) is 2.19. The van der Waals surface area contributed by atoms with Crippen molar-refractivity contribution in [3.8, 4) is 17.2 Å². The van der Waals surface area contributed by atoms with Gasteiger partial charge in [0, 0.05) is 30.0 Å². The molecule has 194 valence electrons. The van der Waals surface area contributed by atoms with E-state index in [-0.39, 0.29) is 22.8 Å². The smallest absolute Gasteiger partial charge is 0.308 e. The molecule has 0 spiro atoms. The minimum absolute atomic E-state index is 0.0961. The van der Waals surface area contributed by atoms with Crippen LogP contribution in [0.15, 0.2) is 40.5 Å². The molecule has 1 aliphatic rings. The first-order chi connectivity index (χ1) is 16.6. The zero-order valence-electron chi connectivity index (χ0n) is 22.6. The second-order valence-electron chi connectivity index (χ2n) is 11.6. The summed E-state index contributed by atoms with van der Waals surface area (Å²) in [7, 11) is 0. The lowest BCUT2D eigenvalue weighted by Crippen LogP contribution is -2.37. The highest BCUT2D eigenvalue weighted by molar-refractivity contribution is 5.81. The number of carbonyl (C=O) groups excluding carboxylic acids is 1. The van der Waals surface area contributed by atoms with E-state index >= 15 is 0 Å². The van der Waals surface area contributed by atoms with Crippen molar-refractivity contribution in [1.82, 2.24) is 0 Å². The largest absolute Gasteiger partial charge is 0.489 e. The molecule has 1 heterocycles. The summed E-state index contributed by atoms with van der Waals surface area (Å²) < 4.78 is 18.5. The van der Waals surface area contributed by atoms with E-state index in [2.05, 4.69) is 51.7 Å². The van der Waals surface area contributed by atoms with E-state index in [0.29, 0.717) is 24.5 Å². The molecule has 0 aliphatic carbocycles. The Bertz CT molecular complexity index is 1180. The fraction of sp³-hybridized carbons (Fsp3) is 0.464. The van der Waals surface area contributed by atoms with Crippen molar-refractivity contribution in [1.29, 1.82) is 0 Å². The van der Waals surface area contributed by atoms with Gasteiger partial charge in [-0.1, -0.05) is 41.5 Å². The van der Waals surface area contributed by atoms with E-state index in [1.54, 1.807) is 6.21 Å². The average Bonchev–Trinajstić information content (AvgIpc) is 3.06. The lowest BCUT2D eigenvalue weighted by Gasteiger charge is -2.30. The third kappa shape index (κ3) is 6.36. The zero-order chi connectivity index (χ0) is 26.9. The second kappa shape index (κ2) is 9.84. The van der Waals surface area contributed by atoms with E-state index in [1.165, 1.54) is 6.92 Å². The molecule has 0 bridgehead atoms. The summed E-state index contributed by atoms with van der Waals surface area (Å²) in [4.78, 5) is 12.1. The first-order valence-corrected chi connectivity index (χ1v) is 12.0. The molecule has 2 aromatic carbocycles. The quantitative estimate of drug-likeness (QED) is 0.199. The molecule has 0 radical (unpaired) electrons. The van der Waals surface area contributed by atoms with Crippen LogP contribution in [0, 0.1) is 0 Å². The summed E-state index contributed by atoms with van der Waals surface area (Å²) in [6, 6.07) is 9.48. The molecule has 0 saturated carbocycles. The summed E-state index contributed by atoms with van der Waals surface area (Å²) >= 11 is 0. The van der Waals surface area contributed by atoms with Gasteiger partial charge >= 0.3 is 5.97 Å². The van der Waals surface area contributed by atoms with Gasteiger partial charge in [0.25, 0.3) is 0 Å². The number of nitrogens with zero attached hydrogens (tertiary/aromatic N) is 2. The zero-order valence-corrected chi connectivity index (χ0v) is 22.6. The highest BCUT2D eigenvalue weighted by atomic mass is 16.6. The molecular formula is C28H38N4O4. The Hall–Kier alpha value is -3.55. The number of guanidine groups is 1. The van der Waals surface area contributed by atoms with Crippen LogP contribution in [0.2, 0.25) is 0 Å². The molecule has 2 aromatic rings. The fourth-order valence-corrected chi connectivity index (χ4v) is 4.35. The molecule has 0 saturated heterocycles. The van der Waals surface area contributed by atoms with E-state index in [4.69, 9.17) is 25.7 Å². The number of carbonyl (C=O) groups is 1. The maximum Gasteiger partial charge on any atom is 0.308 e. The lowest BCUT2D eigenvalue weighted by molar-refractivity contribution is -0.132. The molecule has 0 amide bonds. The molecular weight excluding hydrogens is 456 g/mol. The highest BCUT2D eigenvalue weighted by Gasteiger charge is 2.42. The number of nitrogens with two attached hydrogens (primary N) is 2. The van der Waals surface area contributed by atoms with Crippen LogP contribution >= 0.6 is 0 Å². The SMILES string of the molecule is CC(=O)Oc1c(C(C)(C)C)cc2c(c1C(C)(C)C)CC(C)(COc1ccc(/C=N/N=C(N)N)cc1)O2. The predicted octanol–water partition coefficient (Wildman–Crippen LogP) is 4.59. The van der Waals surface area contributed by atoms with Crippen molar-refractivity contribution in [2.24, 2.45) is 21.7 Å². The van der Waals surface area contributed by atoms with Crippen LogP contribution in [0.5, 0.6) is 17.2 Å². The molecule has 0 fully saturated rings. The van der Waals surface area contributed by atoms with Crippen LogP contribution in [0.25, 0.3) is 0 Å². The van der Waals surface area contributed by atoms with Crippen molar-refractivity contribution in [2.45, 2.75) is 78.2 Å². The minimum atomic E-state index is -0.584. The third-order valence-corrected chi connectivity index (χ3v) is 5.86. The summed E-state index contributed by atoms with van der Waals surface area (Å²) in [5.41, 5.74) is 13.3. The van der Waals surface area contributed by atoms with Gasteiger partial charge in [0.15, 0.2) is 0 Å². The first kappa shape index (κ1) is 27.0. The van der Waals surface area contributed by atoms with Crippen molar-refractivity contribution < 1.29 is 19.0 Å². The van der Waals surface area contributed by atoms with Crippen LogP contribution in [-0.4, -0.2) is 30.4 Å². The van der Waals surface area contributed by atoms with Crippen molar-refractivity contribution in [3.63, 3.8) is 0 Å². The van der Waals surface area contributed by atoms with Crippen molar-refractivity contribution in [3.05, 3.63) is 52.6 Å². The van der Waals surface area contributed by atoms with Gasteiger partial charge in [0.05, 0.1) is 6.21 Å². The van der Waals surface area contributed by atoms with Crippen LogP contribution in [-0.2, 0) is 22.0 Å². The van der Waals surface area contributed by atoms with E-state index in [1.807, 2.05) is 37.3 Å². The number of hydrogen-bond acceptors (Lipinski definition) is 6.